The smallest absolute Gasteiger partial charge is 0.353 e. The molecule has 3 saturated heterocycles. The summed E-state index contributed by atoms with van der Waals surface area (Å²) in [5.74, 6) is -3.64. The Labute approximate surface area is 279 Å². The number of fused-ring (bicyclic) bond motifs is 3. The molecule has 254 valence electrons. The van der Waals surface area contributed by atoms with Gasteiger partial charge in [-0.1, -0.05) is 6.92 Å². The van der Waals surface area contributed by atoms with Crippen molar-refractivity contribution in [2.45, 2.75) is 88.4 Å². The Bertz CT molecular complexity index is 1570. The van der Waals surface area contributed by atoms with Gasteiger partial charge in [0.05, 0.1) is 65.4 Å². The number of rotatable bonds is 8. The van der Waals surface area contributed by atoms with Crippen LogP contribution in [0, 0.1) is 23.2 Å². The van der Waals surface area contributed by atoms with Gasteiger partial charge in [0.25, 0.3) is 0 Å². The lowest BCUT2D eigenvalue weighted by atomic mass is 9.79. The Hall–Kier alpha value is -3.41. The molecule has 1 aromatic heterocycles. The number of aliphatic hydroxyl groups excluding tert-OH is 2. The molecule has 6 aliphatic rings. The van der Waals surface area contributed by atoms with E-state index < -0.39 is 36.0 Å². The number of thioether (sulfide) groups is 2. The minimum atomic E-state index is -1.32. The first-order valence-corrected chi connectivity index (χ1v) is 17.4. The fraction of sp³-hybridized carbons (Fsp3) is 0.633. The Kier molecular flexibility index (Phi) is 8.95. The van der Waals surface area contributed by atoms with Crippen LogP contribution in [0.4, 0.5) is 0 Å². The molecule has 8 atom stereocenters. The van der Waals surface area contributed by atoms with Crippen molar-refractivity contribution >= 4 is 53.1 Å². The Morgan fingerprint density at radius 1 is 1.06 bits per heavy atom. The van der Waals surface area contributed by atoms with Crippen LogP contribution >= 0.6 is 23.5 Å². The van der Waals surface area contributed by atoms with E-state index in [2.05, 4.69) is 4.98 Å². The molecule has 0 unspecified atom stereocenters. The Balaban J connectivity index is 0.000000165. The molecule has 0 spiro atoms. The van der Waals surface area contributed by atoms with E-state index >= 15 is 0 Å². The average Bonchev–Trinajstić information content (AvgIpc) is 3.78. The summed E-state index contributed by atoms with van der Waals surface area (Å²) >= 11 is 3.02. The highest BCUT2D eigenvalue weighted by atomic mass is 32.2. The van der Waals surface area contributed by atoms with Gasteiger partial charge < -0.3 is 39.9 Å². The number of nitrogens with one attached hydrogen (secondary N) is 1. The van der Waals surface area contributed by atoms with Gasteiger partial charge in [0, 0.05) is 40.5 Å². The van der Waals surface area contributed by atoms with Crippen molar-refractivity contribution in [2.75, 3.05) is 13.1 Å². The molecular formula is C30H39N7O8S2. The number of aliphatic carboxylic acids is 2. The average molecular weight is 690 g/mol. The third-order valence-electron chi connectivity index (χ3n) is 9.93. The quantitative estimate of drug-likeness (QED) is 0.110. The standard InChI is InChI=1S/C15H18N4O4S.C15H21N3O4S/c1-7-11-10(8(2)20)14(21)19(11)12(15(22)23)13(7)24-9-3-17-5-16-6-18(17)4-9;1-7(19)12-10-5-11(13(15(21)22)18(10)14(12)20)23-9-3-4-17(6-9)8(2)16/h5-11,20H,3-4H2,1-2H3;7,9-10,12,16,19H,3-6H2,1-2H3,(H,21,22)/t7-,8-,10-,11-;7-,9+,10-,12-/m11/s1. The maximum Gasteiger partial charge on any atom is 0.353 e. The molecule has 3 fully saturated rings. The van der Waals surface area contributed by atoms with Crippen LogP contribution in [0.2, 0.25) is 0 Å². The predicted molar refractivity (Wildman–Crippen MR) is 167 cm³/mol. The monoisotopic (exact) mass is 689 g/mol. The maximum absolute atomic E-state index is 12.3. The number of carboxylic acid groups (broad SMARTS) is 2. The van der Waals surface area contributed by atoms with Crippen molar-refractivity contribution in [1.29, 1.82) is 5.41 Å². The fourth-order valence-corrected chi connectivity index (χ4v) is 10.6. The lowest BCUT2D eigenvalue weighted by Crippen LogP contribution is -2.64. The van der Waals surface area contributed by atoms with Crippen LogP contribution in [0.1, 0.15) is 40.5 Å². The number of nitrogens with zero attached hydrogens (tertiary/aromatic N) is 6. The second-order valence-corrected chi connectivity index (χ2v) is 15.7. The number of amides is 2. The van der Waals surface area contributed by atoms with E-state index in [1.807, 2.05) is 21.2 Å². The zero-order chi connectivity index (χ0) is 34.1. The number of hydrogen-bond acceptors (Lipinski definition) is 11. The summed E-state index contributed by atoms with van der Waals surface area (Å²) < 4.78 is 3.96. The highest BCUT2D eigenvalue weighted by Gasteiger charge is 2.59. The lowest BCUT2D eigenvalue weighted by Gasteiger charge is -2.47. The van der Waals surface area contributed by atoms with E-state index in [0.29, 0.717) is 17.2 Å². The van der Waals surface area contributed by atoms with Crippen LogP contribution in [0.5, 0.6) is 0 Å². The zero-order valence-corrected chi connectivity index (χ0v) is 28.1. The molecule has 4 N–H and O–H groups in total. The molecule has 0 aliphatic carbocycles. The number of carboxylic acids is 2. The first-order valence-electron chi connectivity index (χ1n) is 15.7. The fourth-order valence-electron chi connectivity index (χ4n) is 7.69. The first kappa shape index (κ1) is 33.5. The van der Waals surface area contributed by atoms with Crippen LogP contribution in [0.15, 0.2) is 33.9 Å². The highest BCUT2D eigenvalue weighted by molar-refractivity contribution is 8.04. The minimum Gasteiger partial charge on any atom is -0.543 e. The number of likely N-dealkylation sites (tertiary alicyclic amines) is 1. The van der Waals surface area contributed by atoms with Crippen LogP contribution in [-0.4, -0.2) is 117 Å². The normalized spacial score (nSPS) is 32.0. The summed E-state index contributed by atoms with van der Waals surface area (Å²) in [6, 6.07) is -0.513. The SMILES string of the molecule is CC(=N)N1CC[C@H](SC2=C(C(=O)O)N3C(=O)[C@H]([C@@H](C)O)[C@H]3C2)C1.C[C@@H](O)[C@H]1C(=O)N2C(C(=O)[O-])=C(SC3Cn4cnc[n+]4C3)[C@H](C)[C@H]12. The number of amidine groups is 1. The number of aliphatic hydroxyl groups is 2. The van der Waals surface area contributed by atoms with E-state index in [9.17, 15) is 39.6 Å². The van der Waals surface area contributed by atoms with E-state index in [-0.39, 0.29) is 51.7 Å². The van der Waals surface area contributed by atoms with Crippen molar-refractivity contribution in [3.05, 3.63) is 33.9 Å². The van der Waals surface area contributed by atoms with Crippen molar-refractivity contribution in [3.63, 3.8) is 0 Å². The summed E-state index contributed by atoms with van der Waals surface area (Å²) in [6.07, 6.45) is 3.34. The molecule has 15 nitrogen and oxygen atoms in total. The third kappa shape index (κ3) is 5.64. The molecule has 0 radical (unpaired) electrons. The number of aromatic nitrogens is 3. The van der Waals surface area contributed by atoms with Crippen LogP contribution in [-0.2, 0) is 32.3 Å². The molecule has 0 saturated carbocycles. The number of carbonyl (C=O) groups is 4. The second kappa shape index (κ2) is 12.6. The molecule has 7 rings (SSSR count). The number of hydrogen-bond donors (Lipinski definition) is 4. The lowest BCUT2D eigenvalue weighted by molar-refractivity contribution is -0.758. The molecule has 0 aromatic carbocycles. The molecule has 1 aromatic rings. The molecule has 7 heterocycles. The van der Waals surface area contributed by atoms with E-state index in [0.717, 1.165) is 37.5 Å². The minimum absolute atomic E-state index is 0.0147. The molecule has 2 amide bonds. The molecular weight excluding hydrogens is 651 g/mol. The number of carbonyl (C=O) groups excluding carboxylic acids is 3. The van der Waals surface area contributed by atoms with Crippen molar-refractivity contribution in [2.24, 2.45) is 17.8 Å². The van der Waals surface area contributed by atoms with Gasteiger partial charge in [-0.25, -0.2) is 4.79 Å². The van der Waals surface area contributed by atoms with Crippen molar-refractivity contribution in [3.8, 4) is 0 Å². The molecule has 6 aliphatic heterocycles. The zero-order valence-electron chi connectivity index (χ0n) is 26.5. The molecule has 17 heteroatoms. The summed E-state index contributed by atoms with van der Waals surface area (Å²) in [5.41, 5.74) is 0.0750. The van der Waals surface area contributed by atoms with Gasteiger partial charge in [-0.15, -0.1) is 23.5 Å². The van der Waals surface area contributed by atoms with E-state index in [1.54, 1.807) is 33.4 Å². The van der Waals surface area contributed by atoms with Crippen LogP contribution in [0.3, 0.4) is 0 Å². The van der Waals surface area contributed by atoms with Gasteiger partial charge in [-0.3, -0.25) is 15.0 Å². The van der Waals surface area contributed by atoms with Gasteiger partial charge >= 0.3 is 12.3 Å². The van der Waals surface area contributed by atoms with Gasteiger partial charge in [0.1, 0.15) is 12.2 Å². The summed E-state index contributed by atoms with van der Waals surface area (Å²) in [4.78, 5) is 57.8. The molecule has 47 heavy (non-hydrogen) atoms. The van der Waals surface area contributed by atoms with E-state index in [1.165, 1.54) is 33.3 Å². The van der Waals surface area contributed by atoms with Gasteiger partial charge in [0.2, 0.25) is 18.1 Å². The second-order valence-electron chi connectivity index (χ2n) is 13.0. The summed E-state index contributed by atoms with van der Waals surface area (Å²) in [7, 11) is 0. The summed E-state index contributed by atoms with van der Waals surface area (Å²) in [6.45, 7) is 9.83. The van der Waals surface area contributed by atoms with Crippen molar-refractivity contribution < 1.29 is 44.3 Å². The topological polar surface area (TPSA) is 207 Å². The first-order chi connectivity index (χ1) is 22.2. The summed E-state index contributed by atoms with van der Waals surface area (Å²) in [5, 5.41) is 48.8. The van der Waals surface area contributed by atoms with Crippen LogP contribution < -0.4 is 9.79 Å². The predicted octanol–water partition coefficient (Wildman–Crippen LogP) is -1.20. The Morgan fingerprint density at radius 3 is 2.32 bits per heavy atom. The maximum atomic E-state index is 12.3. The largest absolute Gasteiger partial charge is 0.543 e. The van der Waals surface area contributed by atoms with E-state index in [4.69, 9.17) is 5.41 Å². The Morgan fingerprint density at radius 2 is 1.74 bits per heavy atom. The van der Waals surface area contributed by atoms with Crippen LogP contribution in [0.25, 0.3) is 0 Å². The van der Waals surface area contributed by atoms with Crippen molar-refractivity contribution in [1.82, 2.24) is 24.4 Å². The molecule has 0 bridgehead atoms. The highest BCUT2D eigenvalue weighted by Crippen LogP contribution is 2.52. The van der Waals surface area contributed by atoms with Gasteiger partial charge in [0.15, 0.2) is 0 Å². The van der Waals surface area contributed by atoms with Gasteiger partial charge in [-0.05, 0) is 32.2 Å². The number of β-lactam (4-membered cyclic amide) rings is 2. The van der Waals surface area contributed by atoms with Gasteiger partial charge in [-0.2, -0.15) is 9.36 Å². The third-order valence-corrected chi connectivity index (χ3v) is 12.7.